The summed E-state index contributed by atoms with van der Waals surface area (Å²) in [5, 5.41) is 0. The summed E-state index contributed by atoms with van der Waals surface area (Å²) in [6.07, 6.45) is 0. The van der Waals surface area contributed by atoms with Crippen molar-refractivity contribution in [2.24, 2.45) is 11.8 Å². The van der Waals surface area contributed by atoms with E-state index in [1.165, 1.54) is 0 Å². The van der Waals surface area contributed by atoms with Crippen LogP contribution in [0.5, 0.6) is 0 Å². The van der Waals surface area contributed by atoms with Gasteiger partial charge in [0.25, 0.3) is 0 Å². The van der Waals surface area contributed by atoms with Gasteiger partial charge in [-0.25, -0.2) is 0 Å². The second-order valence-corrected chi connectivity index (χ2v) is 6.88. The first-order chi connectivity index (χ1) is 5.22. The van der Waals surface area contributed by atoms with Crippen LogP contribution in [0.3, 0.4) is 0 Å². The minimum atomic E-state index is -0.362. The zero-order valence-corrected chi connectivity index (χ0v) is 11.1. The lowest BCUT2D eigenvalue weighted by molar-refractivity contribution is 0.350. The molecule has 1 aliphatic rings. The van der Waals surface area contributed by atoms with Crippen molar-refractivity contribution >= 4 is 50.7 Å². The zero-order valence-electron chi connectivity index (χ0n) is 7.44. The van der Waals surface area contributed by atoms with Crippen molar-refractivity contribution in [3.63, 3.8) is 0 Å². The molecule has 0 aliphatic carbocycles. The molecule has 2 unspecified atom stereocenters. The Balaban J connectivity index is 3.03. The molecule has 1 nitrogen and oxygen atoms in total. The largest absolute Gasteiger partial charge is 0.234 e. The number of hydrogen-bond donors (Lipinski definition) is 3. The Hall–Kier alpha value is 1.36. The second-order valence-electron chi connectivity index (χ2n) is 3.71. The van der Waals surface area contributed by atoms with Crippen molar-refractivity contribution in [2.45, 2.75) is 29.8 Å². The molecule has 1 saturated heterocycles. The lowest BCUT2D eigenvalue weighted by Gasteiger charge is -2.30. The third-order valence-corrected chi connectivity index (χ3v) is 6.13. The molecule has 0 amide bonds. The molecule has 12 heavy (non-hydrogen) atoms. The average molecular weight is 242 g/mol. The van der Waals surface area contributed by atoms with Gasteiger partial charge >= 0.3 is 0 Å². The Morgan fingerprint density at radius 3 is 1.75 bits per heavy atom. The second kappa shape index (κ2) is 3.19. The van der Waals surface area contributed by atoms with E-state index in [9.17, 15) is 0 Å². The van der Waals surface area contributed by atoms with Crippen molar-refractivity contribution in [2.75, 3.05) is 0 Å². The smallest absolute Gasteiger partial charge is 0.179 e. The predicted molar refractivity (Wildman–Crippen MR) is 68.4 cm³/mol. The van der Waals surface area contributed by atoms with Gasteiger partial charge in [-0.2, -0.15) is 16.9 Å². The monoisotopic (exact) mass is 242 g/mol. The Kier molecular flexibility index (Phi) is 3.04. The quantitative estimate of drug-likeness (QED) is 0.430. The van der Waals surface area contributed by atoms with E-state index in [0.717, 1.165) is 0 Å². The molecule has 0 bridgehead atoms. The molecule has 1 rings (SSSR count). The highest BCUT2D eigenvalue weighted by molar-refractivity contribution is 7.94. The van der Waals surface area contributed by atoms with Crippen LogP contribution in [0.25, 0.3) is 0 Å². The maximum absolute atomic E-state index is 4.58. The van der Waals surface area contributed by atoms with Gasteiger partial charge in [0.2, 0.25) is 4.20 Å². The van der Waals surface area contributed by atoms with E-state index in [1.807, 2.05) is 4.31 Å². The van der Waals surface area contributed by atoms with E-state index in [1.54, 1.807) is 0 Å². The van der Waals surface area contributed by atoms with Crippen molar-refractivity contribution in [1.82, 2.24) is 4.31 Å². The van der Waals surface area contributed by atoms with Crippen LogP contribution in [-0.2, 0) is 12.6 Å². The molecule has 4 atom stereocenters. The minimum Gasteiger partial charge on any atom is -0.179 e. The molecule has 0 aromatic rings. The van der Waals surface area contributed by atoms with E-state index in [2.05, 4.69) is 71.5 Å². The molecular weight excluding hydrogens is 226 g/mol. The fourth-order valence-electron chi connectivity index (χ4n) is 1.55. The Morgan fingerprint density at radius 2 is 1.67 bits per heavy atom. The average Bonchev–Trinajstić information content (AvgIpc) is 2.06. The van der Waals surface area contributed by atoms with Crippen LogP contribution in [-0.4, -0.2) is 13.4 Å². The highest BCUT2D eigenvalue weighted by Gasteiger charge is 2.59. The summed E-state index contributed by atoms with van der Waals surface area (Å²) in [7, 11) is 0. The summed E-state index contributed by atoms with van der Waals surface area (Å²) >= 11 is 17.1. The first-order valence-corrected chi connectivity index (χ1v) is 5.70. The van der Waals surface area contributed by atoms with E-state index in [0.29, 0.717) is 11.8 Å². The van der Waals surface area contributed by atoms with Crippen LogP contribution in [0.15, 0.2) is 0 Å². The van der Waals surface area contributed by atoms with Crippen molar-refractivity contribution in [3.05, 3.63) is 0 Å². The third kappa shape index (κ3) is 1.41. The minimum absolute atomic E-state index is 0.216. The van der Waals surface area contributed by atoms with Crippen molar-refractivity contribution in [3.8, 4) is 0 Å². The Morgan fingerprint density at radius 1 is 1.25 bits per heavy atom. The van der Waals surface area contributed by atoms with Gasteiger partial charge in [-0.15, -0.1) is 12.6 Å². The molecule has 0 saturated carbocycles. The lowest BCUT2D eigenvalue weighted by atomic mass is 9.94. The van der Waals surface area contributed by atoms with Crippen LogP contribution in [0.4, 0.5) is 0 Å². The number of hydrogen-bond acceptors (Lipinski definition) is 4. The normalized spacial score (nSPS) is 56.2. The molecule has 0 N–H and O–H groups in total. The zero-order chi connectivity index (χ0) is 9.73. The van der Waals surface area contributed by atoms with Crippen LogP contribution >= 0.6 is 38.1 Å². The van der Waals surface area contributed by atoms with Gasteiger partial charge in [-0.1, -0.05) is 26.7 Å². The number of rotatable bonds is 0. The SMILES string of the molecule is C[C@@H]1[C@H](C)C(S)([SH2+])N(S)C1(C)S. The van der Waals surface area contributed by atoms with Gasteiger partial charge < -0.3 is 0 Å². The summed E-state index contributed by atoms with van der Waals surface area (Å²) in [5.74, 6) is 0.839. The molecule has 1 heterocycles. The van der Waals surface area contributed by atoms with E-state index >= 15 is 0 Å². The predicted octanol–water partition coefficient (Wildman–Crippen LogP) is 1.66. The van der Waals surface area contributed by atoms with Gasteiger partial charge in [0.15, 0.2) is 0 Å². The first-order valence-electron chi connectivity index (χ1n) is 3.91. The van der Waals surface area contributed by atoms with Crippen LogP contribution in [0.2, 0.25) is 0 Å². The maximum atomic E-state index is 4.58. The maximum Gasteiger partial charge on any atom is 0.234 e. The summed E-state index contributed by atoms with van der Waals surface area (Å²) < 4.78 is 1.50. The van der Waals surface area contributed by atoms with Crippen LogP contribution in [0, 0.1) is 11.8 Å². The van der Waals surface area contributed by atoms with Crippen LogP contribution < -0.4 is 0 Å². The third-order valence-electron chi connectivity index (χ3n) is 3.00. The topological polar surface area (TPSA) is 3.24 Å². The molecule has 1 fully saturated rings. The number of thiol groups is 3. The standard InChI is InChI=1S/C7H15NS4/c1-4-5(2)7(10,11)8(12)6(4,3)9/h4-5,9-12H,1-3H3/p+1/t4-,5+,6?/m1/s1. The highest BCUT2D eigenvalue weighted by atomic mass is 32.2. The molecular formula is C7H16NS4+. The summed E-state index contributed by atoms with van der Waals surface area (Å²) in [6.45, 7) is 6.37. The summed E-state index contributed by atoms with van der Waals surface area (Å²) in [6, 6.07) is 0. The molecule has 0 radical (unpaired) electrons. The number of nitrogens with zero attached hydrogens (tertiary/aromatic N) is 1. The first kappa shape index (κ1) is 11.4. The Labute approximate surface area is 96.4 Å². The van der Waals surface area contributed by atoms with Gasteiger partial charge in [0.1, 0.15) is 0 Å². The molecule has 0 spiro atoms. The lowest BCUT2D eigenvalue weighted by Crippen LogP contribution is -2.40. The van der Waals surface area contributed by atoms with Gasteiger partial charge in [-0.3, -0.25) is 0 Å². The summed E-state index contributed by atoms with van der Waals surface area (Å²) in [5.41, 5.74) is 0. The van der Waals surface area contributed by atoms with Crippen molar-refractivity contribution < 1.29 is 0 Å². The molecule has 5 heteroatoms. The Bertz CT molecular complexity index is 172. The van der Waals surface area contributed by atoms with E-state index in [4.69, 9.17) is 0 Å². The molecule has 72 valence electrons. The fourth-order valence-corrected chi connectivity index (χ4v) is 3.39. The van der Waals surface area contributed by atoms with Gasteiger partial charge in [-0.05, 0) is 25.5 Å². The van der Waals surface area contributed by atoms with E-state index in [-0.39, 0.29) is 9.07 Å². The molecule has 0 aromatic heterocycles. The van der Waals surface area contributed by atoms with E-state index < -0.39 is 0 Å². The fraction of sp³-hybridized carbons (Fsp3) is 1.00. The van der Waals surface area contributed by atoms with Crippen molar-refractivity contribution in [1.29, 1.82) is 0 Å². The summed E-state index contributed by atoms with van der Waals surface area (Å²) in [4.78, 5) is -0.216. The molecule has 0 aromatic carbocycles. The highest BCUT2D eigenvalue weighted by Crippen LogP contribution is 2.53. The van der Waals surface area contributed by atoms with Crippen LogP contribution in [0.1, 0.15) is 20.8 Å². The van der Waals surface area contributed by atoms with Gasteiger partial charge in [0.05, 0.1) is 4.87 Å². The van der Waals surface area contributed by atoms with Gasteiger partial charge in [0, 0.05) is 5.92 Å². The molecule has 1 aliphatic heterocycles.